The van der Waals surface area contributed by atoms with Gasteiger partial charge in [0.2, 0.25) is 0 Å². The SMILES string of the molecule is CCN1CCCCC1c1nc2cccnc2n1C1CCCCC1. The number of piperidine rings is 1. The van der Waals surface area contributed by atoms with Crippen molar-refractivity contribution in [2.75, 3.05) is 13.1 Å². The maximum Gasteiger partial charge on any atom is 0.160 e. The van der Waals surface area contributed by atoms with Gasteiger partial charge in [-0.2, -0.15) is 0 Å². The molecule has 2 aliphatic rings. The van der Waals surface area contributed by atoms with E-state index < -0.39 is 0 Å². The van der Waals surface area contributed by atoms with Crippen LogP contribution in [0.2, 0.25) is 0 Å². The molecule has 0 radical (unpaired) electrons. The van der Waals surface area contributed by atoms with Crippen LogP contribution in [0.3, 0.4) is 0 Å². The minimum absolute atomic E-state index is 0.477. The molecule has 1 saturated carbocycles. The summed E-state index contributed by atoms with van der Waals surface area (Å²) in [5.74, 6) is 1.28. The van der Waals surface area contributed by atoms with Gasteiger partial charge in [-0.05, 0) is 50.9 Å². The van der Waals surface area contributed by atoms with E-state index in [0.717, 1.165) is 17.7 Å². The summed E-state index contributed by atoms with van der Waals surface area (Å²) in [6.07, 6.45) is 12.5. The third-order valence-corrected chi connectivity index (χ3v) is 5.73. The number of pyridine rings is 1. The normalized spacial score (nSPS) is 24.3. The highest BCUT2D eigenvalue weighted by atomic mass is 15.2. The van der Waals surface area contributed by atoms with E-state index in [1.165, 1.54) is 63.7 Å². The molecule has 23 heavy (non-hydrogen) atoms. The van der Waals surface area contributed by atoms with Gasteiger partial charge in [0.15, 0.2) is 5.65 Å². The second-order valence-electron chi connectivity index (χ2n) is 7.12. The van der Waals surface area contributed by atoms with Gasteiger partial charge in [-0.25, -0.2) is 9.97 Å². The van der Waals surface area contributed by atoms with E-state index in [2.05, 4.69) is 22.5 Å². The van der Waals surface area contributed by atoms with Gasteiger partial charge in [0, 0.05) is 12.2 Å². The number of fused-ring (bicyclic) bond motifs is 1. The standard InChI is InChI=1S/C19H28N4/c1-2-22-14-7-6-12-17(22)19-21-16-11-8-13-20-18(16)23(19)15-9-4-3-5-10-15/h8,11,13,15,17H,2-7,9-10,12,14H2,1H3. The molecule has 0 aromatic carbocycles. The van der Waals surface area contributed by atoms with Gasteiger partial charge in [0.05, 0.1) is 6.04 Å². The zero-order chi connectivity index (χ0) is 15.6. The fraction of sp³-hybridized carbons (Fsp3) is 0.684. The van der Waals surface area contributed by atoms with E-state index in [-0.39, 0.29) is 0 Å². The molecule has 4 heteroatoms. The fourth-order valence-electron chi connectivity index (χ4n) is 4.54. The summed E-state index contributed by atoms with van der Waals surface area (Å²) < 4.78 is 2.52. The monoisotopic (exact) mass is 312 g/mol. The molecular weight excluding hydrogens is 284 g/mol. The zero-order valence-corrected chi connectivity index (χ0v) is 14.2. The molecule has 4 rings (SSSR count). The lowest BCUT2D eigenvalue weighted by molar-refractivity contribution is 0.143. The Hall–Kier alpha value is -1.42. The summed E-state index contributed by atoms with van der Waals surface area (Å²) in [6, 6.07) is 5.22. The molecule has 1 unspecified atom stereocenters. The van der Waals surface area contributed by atoms with Crippen LogP contribution in [0.25, 0.3) is 11.2 Å². The van der Waals surface area contributed by atoms with Gasteiger partial charge in [-0.15, -0.1) is 0 Å². The topological polar surface area (TPSA) is 34.0 Å². The van der Waals surface area contributed by atoms with Crippen LogP contribution in [0.4, 0.5) is 0 Å². The van der Waals surface area contributed by atoms with E-state index in [9.17, 15) is 0 Å². The Morgan fingerprint density at radius 2 is 1.91 bits per heavy atom. The number of hydrogen-bond donors (Lipinski definition) is 0. The molecule has 0 amide bonds. The first-order valence-electron chi connectivity index (χ1n) is 9.45. The summed E-state index contributed by atoms with van der Waals surface area (Å²) in [4.78, 5) is 12.4. The summed E-state index contributed by atoms with van der Waals surface area (Å²) in [5, 5.41) is 0. The molecule has 1 atom stereocenters. The summed E-state index contributed by atoms with van der Waals surface area (Å²) in [5.41, 5.74) is 2.19. The number of imidazole rings is 1. The third kappa shape index (κ3) is 2.78. The first-order valence-corrected chi connectivity index (χ1v) is 9.45. The molecular formula is C19H28N4. The lowest BCUT2D eigenvalue weighted by atomic mass is 9.94. The van der Waals surface area contributed by atoms with Crippen molar-refractivity contribution < 1.29 is 0 Å². The Morgan fingerprint density at radius 1 is 1.09 bits per heavy atom. The molecule has 1 aliphatic carbocycles. The highest BCUT2D eigenvalue weighted by Gasteiger charge is 2.30. The summed E-state index contributed by atoms with van der Waals surface area (Å²) in [7, 11) is 0. The smallest absolute Gasteiger partial charge is 0.160 e. The van der Waals surface area contributed by atoms with E-state index in [1.807, 2.05) is 12.3 Å². The Kier molecular flexibility index (Phi) is 4.34. The van der Waals surface area contributed by atoms with Gasteiger partial charge >= 0.3 is 0 Å². The molecule has 4 nitrogen and oxygen atoms in total. The predicted octanol–water partition coefficient (Wildman–Crippen LogP) is 4.48. The van der Waals surface area contributed by atoms with E-state index in [1.54, 1.807) is 0 Å². The molecule has 0 spiro atoms. The van der Waals surface area contributed by atoms with Crippen LogP contribution in [0.15, 0.2) is 18.3 Å². The summed E-state index contributed by atoms with van der Waals surface area (Å²) >= 11 is 0. The minimum Gasteiger partial charge on any atom is -0.308 e. The number of hydrogen-bond acceptors (Lipinski definition) is 3. The highest BCUT2D eigenvalue weighted by molar-refractivity contribution is 5.71. The molecule has 2 aromatic heterocycles. The second-order valence-corrected chi connectivity index (χ2v) is 7.12. The van der Waals surface area contributed by atoms with Crippen LogP contribution in [0, 0.1) is 0 Å². The zero-order valence-electron chi connectivity index (χ0n) is 14.2. The van der Waals surface area contributed by atoms with Crippen molar-refractivity contribution in [3.05, 3.63) is 24.2 Å². The van der Waals surface area contributed by atoms with Crippen LogP contribution >= 0.6 is 0 Å². The molecule has 124 valence electrons. The number of rotatable bonds is 3. The largest absolute Gasteiger partial charge is 0.308 e. The third-order valence-electron chi connectivity index (χ3n) is 5.73. The van der Waals surface area contributed by atoms with Crippen molar-refractivity contribution >= 4 is 11.2 Å². The molecule has 0 N–H and O–H groups in total. The van der Waals surface area contributed by atoms with Crippen LogP contribution in [0.1, 0.15) is 76.2 Å². The van der Waals surface area contributed by atoms with Gasteiger partial charge < -0.3 is 4.57 Å². The number of aromatic nitrogens is 3. The first kappa shape index (κ1) is 15.1. The van der Waals surface area contributed by atoms with E-state index in [0.29, 0.717) is 12.1 Å². The predicted molar refractivity (Wildman–Crippen MR) is 93.5 cm³/mol. The van der Waals surface area contributed by atoms with E-state index >= 15 is 0 Å². The second kappa shape index (κ2) is 6.60. The molecule has 0 bridgehead atoms. The average molecular weight is 312 g/mol. The Labute approximate surface area is 138 Å². The van der Waals surface area contributed by atoms with Crippen molar-refractivity contribution in [3.8, 4) is 0 Å². The Balaban J connectivity index is 1.81. The molecule has 3 heterocycles. The van der Waals surface area contributed by atoms with Crippen molar-refractivity contribution in [1.82, 2.24) is 19.4 Å². The quantitative estimate of drug-likeness (QED) is 0.837. The lowest BCUT2D eigenvalue weighted by Crippen LogP contribution is -2.35. The molecule has 2 fully saturated rings. The van der Waals surface area contributed by atoms with Gasteiger partial charge in [-0.3, -0.25) is 4.90 Å². The van der Waals surface area contributed by atoms with Crippen molar-refractivity contribution in [2.45, 2.75) is 70.4 Å². The molecule has 1 saturated heterocycles. The number of likely N-dealkylation sites (tertiary alicyclic amines) is 1. The van der Waals surface area contributed by atoms with E-state index in [4.69, 9.17) is 9.97 Å². The summed E-state index contributed by atoms with van der Waals surface area (Å²) in [6.45, 7) is 4.61. The fourth-order valence-corrected chi connectivity index (χ4v) is 4.54. The van der Waals surface area contributed by atoms with Gasteiger partial charge in [-0.1, -0.05) is 32.6 Å². The van der Waals surface area contributed by atoms with Crippen molar-refractivity contribution in [3.63, 3.8) is 0 Å². The average Bonchev–Trinajstić information content (AvgIpc) is 3.01. The van der Waals surface area contributed by atoms with Crippen LogP contribution < -0.4 is 0 Å². The van der Waals surface area contributed by atoms with Crippen LogP contribution in [-0.2, 0) is 0 Å². The number of nitrogens with zero attached hydrogens (tertiary/aromatic N) is 4. The van der Waals surface area contributed by atoms with Gasteiger partial charge in [0.25, 0.3) is 0 Å². The van der Waals surface area contributed by atoms with Gasteiger partial charge in [0.1, 0.15) is 11.3 Å². The maximum atomic E-state index is 5.07. The highest BCUT2D eigenvalue weighted by Crippen LogP contribution is 2.37. The molecule has 1 aliphatic heterocycles. The van der Waals surface area contributed by atoms with Crippen LogP contribution in [-0.4, -0.2) is 32.5 Å². The minimum atomic E-state index is 0.477. The van der Waals surface area contributed by atoms with Crippen molar-refractivity contribution in [2.24, 2.45) is 0 Å². The Morgan fingerprint density at radius 3 is 2.74 bits per heavy atom. The van der Waals surface area contributed by atoms with Crippen LogP contribution in [0.5, 0.6) is 0 Å². The maximum absolute atomic E-state index is 5.07. The van der Waals surface area contributed by atoms with Crippen molar-refractivity contribution in [1.29, 1.82) is 0 Å². The Bertz CT molecular complexity index is 656. The lowest BCUT2D eigenvalue weighted by Gasteiger charge is -2.36. The first-order chi connectivity index (χ1) is 11.4. The molecule has 2 aromatic rings.